The summed E-state index contributed by atoms with van der Waals surface area (Å²) in [4.78, 5) is 5.70. The van der Waals surface area contributed by atoms with Crippen LogP contribution >= 0.6 is 22.9 Å². The SMILES string of the molecule is CC[C@@H]1CN(S(=O)(=O)c2cc(-c3noc(C)n3)sc2C)c2cc(Cl)ccc2O1. The molecule has 148 valence electrons. The van der Waals surface area contributed by atoms with Crippen LogP contribution in [0.2, 0.25) is 5.02 Å². The summed E-state index contributed by atoms with van der Waals surface area (Å²) in [6.07, 6.45) is 0.450. The number of aromatic nitrogens is 2. The fourth-order valence-corrected chi connectivity index (χ4v) is 6.23. The second-order valence-electron chi connectivity index (χ2n) is 6.46. The third-order valence-electron chi connectivity index (χ3n) is 4.50. The number of aryl methyl sites for hydroxylation is 2. The van der Waals surface area contributed by atoms with Gasteiger partial charge in [-0.3, -0.25) is 4.31 Å². The maximum absolute atomic E-state index is 13.6. The molecule has 10 heteroatoms. The third kappa shape index (κ3) is 3.27. The molecule has 0 bridgehead atoms. The molecule has 7 nitrogen and oxygen atoms in total. The maximum Gasteiger partial charge on any atom is 0.265 e. The number of hydrogen-bond acceptors (Lipinski definition) is 7. The average Bonchev–Trinajstić information content (AvgIpc) is 3.26. The van der Waals surface area contributed by atoms with Gasteiger partial charge in [0.1, 0.15) is 16.7 Å². The lowest BCUT2D eigenvalue weighted by atomic mass is 10.2. The molecule has 0 saturated heterocycles. The van der Waals surface area contributed by atoms with Crippen molar-refractivity contribution in [1.82, 2.24) is 10.1 Å². The Morgan fingerprint density at radius 3 is 2.79 bits per heavy atom. The van der Waals surface area contributed by atoms with E-state index in [4.69, 9.17) is 20.9 Å². The molecule has 1 aliphatic heterocycles. The zero-order chi connectivity index (χ0) is 20.1. The van der Waals surface area contributed by atoms with E-state index >= 15 is 0 Å². The van der Waals surface area contributed by atoms with Gasteiger partial charge in [-0.1, -0.05) is 23.7 Å². The van der Waals surface area contributed by atoms with Crippen molar-refractivity contribution >= 4 is 38.6 Å². The molecule has 3 aromatic rings. The molecule has 0 aliphatic carbocycles. The highest BCUT2D eigenvalue weighted by molar-refractivity contribution is 7.93. The Morgan fingerprint density at radius 1 is 1.32 bits per heavy atom. The summed E-state index contributed by atoms with van der Waals surface area (Å²) in [5.41, 5.74) is 0.444. The molecule has 4 rings (SSSR count). The molecular weight excluding hydrogens is 422 g/mol. The minimum atomic E-state index is -3.83. The second-order valence-corrected chi connectivity index (χ2v) is 9.99. The van der Waals surface area contributed by atoms with Crippen molar-refractivity contribution in [2.75, 3.05) is 10.8 Å². The Balaban J connectivity index is 1.80. The number of halogens is 1. The first-order valence-electron chi connectivity index (χ1n) is 8.69. The lowest BCUT2D eigenvalue weighted by molar-refractivity contribution is 0.196. The summed E-state index contributed by atoms with van der Waals surface area (Å²) in [6, 6.07) is 6.61. The first kappa shape index (κ1) is 19.2. The van der Waals surface area contributed by atoms with E-state index in [-0.39, 0.29) is 17.5 Å². The Morgan fingerprint density at radius 2 is 2.11 bits per heavy atom. The largest absolute Gasteiger partial charge is 0.486 e. The van der Waals surface area contributed by atoms with E-state index < -0.39 is 10.0 Å². The zero-order valence-corrected chi connectivity index (χ0v) is 17.9. The van der Waals surface area contributed by atoms with Crippen LogP contribution in [0.15, 0.2) is 33.7 Å². The summed E-state index contributed by atoms with van der Waals surface area (Å²) < 4.78 is 39.4. The fourth-order valence-electron chi connectivity index (χ4n) is 3.07. The van der Waals surface area contributed by atoms with Gasteiger partial charge >= 0.3 is 0 Å². The van der Waals surface area contributed by atoms with E-state index in [1.807, 2.05) is 6.92 Å². The average molecular weight is 440 g/mol. The normalized spacial score (nSPS) is 16.7. The summed E-state index contributed by atoms with van der Waals surface area (Å²) in [5.74, 6) is 1.31. The van der Waals surface area contributed by atoms with Crippen LogP contribution in [0.25, 0.3) is 10.7 Å². The van der Waals surface area contributed by atoms with Gasteiger partial charge in [0, 0.05) is 16.8 Å². The van der Waals surface area contributed by atoms with Crippen LogP contribution in [0.4, 0.5) is 5.69 Å². The Kier molecular flexibility index (Phi) is 4.84. The van der Waals surface area contributed by atoms with Crippen molar-refractivity contribution in [3.8, 4) is 16.5 Å². The summed E-state index contributed by atoms with van der Waals surface area (Å²) in [5, 5.41) is 4.33. The number of benzene rings is 1. The standard InChI is InChI=1S/C18H18ClN3O4S2/c1-4-13-9-22(14-7-12(19)5-6-15(14)25-13)28(23,24)17-8-16(27-10(17)2)18-20-11(3)26-21-18/h5-8,13H,4,9H2,1-3H3/t13-/m1/s1. The van der Waals surface area contributed by atoms with Crippen molar-refractivity contribution in [2.45, 2.75) is 38.2 Å². The first-order chi connectivity index (χ1) is 13.3. The van der Waals surface area contributed by atoms with Crippen LogP contribution in [0.3, 0.4) is 0 Å². The van der Waals surface area contributed by atoms with Crippen LogP contribution in [-0.4, -0.2) is 31.2 Å². The van der Waals surface area contributed by atoms with Gasteiger partial charge in [0.05, 0.1) is 17.1 Å². The Hall–Kier alpha value is -2.10. The smallest absolute Gasteiger partial charge is 0.265 e. The van der Waals surface area contributed by atoms with Gasteiger partial charge in [0.15, 0.2) is 0 Å². The first-order valence-corrected chi connectivity index (χ1v) is 11.3. The highest BCUT2D eigenvalue weighted by atomic mass is 35.5. The molecular formula is C18H18ClN3O4S2. The second kappa shape index (κ2) is 7.06. The lowest BCUT2D eigenvalue weighted by Crippen LogP contribution is -2.43. The van der Waals surface area contributed by atoms with Gasteiger partial charge in [0.2, 0.25) is 11.7 Å². The van der Waals surface area contributed by atoms with Crippen LogP contribution in [0.5, 0.6) is 5.75 Å². The molecule has 0 N–H and O–H groups in total. The number of hydrogen-bond donors (Lipinski definition) is 0. The van der Waals surface area contributed by atoms with Gasteiger partial charge < -0.3 is 9.26 Å². The van der Waals surface area contributed by atoms with E-state index in [2.05, 4.69) is 10.1 Å². The summed E-state index contributed by atoms with van der Waals surface area (Å²) >= 11 is 7.44. The van der Waals surface area contributed by atoms with Gasteiger partial charge in [0.25, 0.3) is 10.0 Å². The minimum Gasteiger partial charge on any atom is -0.486 e. The number of sulfonamides is 1. The monoisotopic (exact) mass is 439 g/mol. The Labute approximate surface area is 171 Å². The molecule has 3 heterocycles. The lowest BCUT2D eigenvalue weighted by Gasteiger charge is -2.35. The van der Waals surface area contributed by atoms with Crippen molar-refractivity contribution < 1.29 is 17.7 Å². The summed E-state index contributed by atoms with van der Waals surface area (Å²) in [6.45, 7) is 5.64. The van der Waals surface area contributed by atoms with E-state index in [1.54, 1.807) is 38.1 Å². The predicted octanol–water partition coefficient (Wildman–Crippen LogP) is 4.43. The van der Waals surface area contributed by atoms with Crippen LogP contribution in [0.1, 0.15) is 24.1 Å². The number of ether oxygens (including phenoxy) is 1. The molecule has 2 aromatic heterocycles. The van der Waals surface area contributed by atoms with Crippen molar-refractivity contribution in [2.24, 2.45) is 0 Å². The molecule has 0 spiro atoms. The van der Waals surface area contributed by atoms with Gasteiger partial charge in [-0.25, -0.2) is 8.42 Å². The molecule has 0 saturated carbocycles. The van der Waals surface area contributed by atoms with E-state index in [0.717, 1.165) is 0 Å². The molecule has 1 aliphatic rings. The zero-order valence-electron chi connectivity index (χ0n) is 15.5. The molecule has 1 aromatic carbocycles. The molecule has 0 unspecified atom stereocenters. The van der Waals surface area contributed by atoms with Gasteiger partial charge in [-0.2, -0.15) is 4.98 Å². The van der Waals surface area contributed by atoms with Crippen molar-refractivity contribution in [3.05, 3.63) is 40.1 Å². The van der Waals surface area contributed by atoms with Gasteiger partial charge in [-0.05, 0) is 37.6 Å². The molecule has 0 fully saturated rings. The number of thiophene rings is 1. The number of fused-ring (bicyclic) bond motifs is 1. The quantitative estimate of drug-likeness (QED) is 0.597. The highest BCUT2D eigenvalue weighted by Gasteiger charge is 2.36. The molecule has 1 atom stereocenters. The topological polar surface area (TPSA) is 85.5 Å². The van der Waals surface area contributed by atoms with E-state index in [1.165, 1.54) is 15.6 Å². The van der Waals surface area contributed by atoms with Crippen LogP contribution in [-0.2, 0) is 10.0 Å². The number of nitrogens with zero attached hydrogens (tertiary/aromatic N) is 3. The third-order valence-corrected chi connectivity index (χ3v) is 7.81. The molecule has 0 radical (unpaired) electrons. The number of rotatable bonds is 4. The van der Waals surface area contributed by atoms with Crippen molar-refractivity contribution in [3.63, 3.8) is 0 Å². The van der Waals surface area contributed by atoms with Crippen LogP contribution in [0, 0.1) is 13.8 Å². The molecule has 0 amide bonds. The molecule has 28 heavy (non-hydrogen) atoms. The highest BCUT2D eigenvalue weighted by Crippen LogP contribution is 2.41. The maximum atomic E-state index is 13.6. The van der Waals surface area contributed by atoms with E-state index in [0.29, 0.717) is 44.3 Å². The van der Waals surface area contributed by atoms with Gasteiger partial charge in [-0.15, -0.1) is 11.3 Å². The van der Waals surface area contributed by atoms with E-state index in [9.17, 15) is 8.42 Å². The number of anilines is 1. The summed E-state index contributed by atoms with van der Waals surface area (Å²) in [7, 11) is -3.83. The Bertz CT molecular complexity index is 1140. The predicted molar refractivity (Wildman–Crippen MR) is 108 cm³/mol. The van der Waals surface area contributed by atoms with Crippen molar-refractivity contribution in [1.29, 1.82) is 0 Å². The van der Waals surface area contributed by atoms with Crippen LogP contribution < -0.4 is 9.04 Å². The minimum absolute atomic E-state index is 0.220. The fraction of sp³-hybridized carbons (Fsp3) is 0.333.